The van der Waals surface area contributed by atoms with E-state index in [2.05, 4.69) is 5.32 Å². The van der Waals surface area contributed by atoms with Crippen LogP contribution in [0.15, 0.2) is 36.4 Å². The molecule has 0 bridgehead atoms. The van der Waals surface area contributed by atoms with Crippen molar-refractivity contribution < 1.29 is 23.5 Å². The highest BCUT2D eigenvalue weighted by atomic mass is 35.5. The number of anilines is 1. The molecule has 1 N–H and O–H groups in total. The van der Waals surface area contributed by atoms with Crippen LogP contribution in [0.2, 0.25) is 10.0 Å². The van der Waals surface area contributed by atoms with Crippen molar-refractivity contribution in [3.8, 4) is 5.75 Å². The fraction of sp³-hybridized carbons (Fsp3) is 0.176. The van der Waals surface area contributed by atoms with Gasteiger partial charge in [-0.1, -0.05) is 35.3 Å². The molecule has 0 aromatic heterocycles. The van der Waals surface area contributed by atoms with E-state index in [9.17, 15) is 14.0 Å². The van der Waals surface area contributed by atoms with Crippen LogP contribution in [-0.4, -0.2) is 25.6 Å². The molecule has 2 rings (SSSR count). The van der Waals surface area contributed by atoms with E-state index in [1.807, 2.05) is 0 Å². The minimum atomic E-state index is -0.670. The van der Waals surface area contributed by atoms with E-state index in [1.54, 1.807) is 18.2 Å². The zero-order chi connectivity index (χ0) is 18.4. The van der Waals surface area contributed by atoms with Gasteiger partial charge in [-0.25, -0.2) is 4.39 Å². The van der Waals surface area contributed by atoms with Gasteiger partial charge in [-0.15, -0.1) is 0 Å². The minimum Gasteiger partial charge on any atom is -0.494 e. The van der Waals surface area contributed by atoms with Gasteiger partial charge in [-0.2, -0.15) is 0 Å². The van der Waals surface area contributed by atoms with Crippen LogP contribution in [0.1, 0.15) is 5.56 Å². The second kappa shape index (κ2) is 8.69. The van der Waals surface area contributed by atoms with Crippen LogP contribution in [0, 0.1) is 5.82 Å². The van der Waals surface area contributed by atoms with Gasteiger partial charge in [0.15, 0.2) is 18.2 Å². The SMILES string of the molecule is COc1ccc(CC(=O)OCC(=O)Nc2cccc(Cl)c2Cl)cc1F. The Morgan fingerprint density at radius 2 is 1.96 bits per heavy atom. The average molecular weight is 386 g/mol. The lowest BCUT2D eigenvalue weighted by atomic mass is 10.1. The number of hydrogen-bond acceptors (Lipinski definition) is 4. The zero-order valence-corrected chi connectivity index (χ0v) is 14.7. The van der Waals surface area contributed by atoms with Gasteiger partial charge in [0.25, 0.3) is 5.91 Å². The standard InChI is InChI=1S/C17H14Cl2FNO4/c1-24-14-6-5-10(7-12(14)20)8-16(23)25-9-15(22)21-13-4-2-3-11(18)17(13)19/h2-7H,8-9H2,1H3,(H,21,22). The molecule has 5 nitrogen and oxygen atoms in total. The highest BCUT2D eigenvalue weighted by Crippen LogP contribution is 2.29. The second-order valence-electron chi connectivity index (χ2n) is 4.96. The molecule has 0 saturated heterocycles. The summed E-state index contributed by atoms with van der Waals surface area (Å²) < 4.78 is 23.2. The quantitative estimate of drug-likeness (QED) is 0.766. The number of hydrogen-bond donors (Lipinski definition) is 1. The van der Waals surface area contributed by atoms with Crippen LogP contribution in [0.4, 0.5) is 10.1 Å². The van der Waals surface area contributed by atoms with Crippen molar-refractivity contribution in [1.82, 2.24) is 0 Å². The lowest BCUT2D eigenvalue weighted by Gasteiger charge is -2.09. The molecule has 8 heteroatoms. The first-order chi connectivity index (χ1) is 11.9. The molecule has 0 heterocycles. The maximum Gasteiger partial charge on any atom is 0.310 e. The molecule has 0 unspecified atom stereocenters. The molecule has 25 heavy (non-hydrogen) atoms. The summed E-state index contributed by atoms with van der Waals surface area (Å²) in [5.74, 6) is -1.74. The van der Waals surface area contributed by atoms with E-state index >= 15 is 0 Å². The van der Waals surface area contributed by atoms with Gasteiger partial charge in [-0.3, -0.25) is 9.59 Å². The Kier molecular flexibility index (Phi) is 6.61. The monoisotopic (exact) mass is 385 g/mol. The molecule has 0 aliphatic carbocycles. The first-order valence-electron chi connectivity index (χ1n) is 7.12. The molecule has 2 aromatic carbocycles. The molecule has 0 atom stereocenters. The van der Waals surface area contributed by atoms with Gasteiger partial charge in [0.05, 0.1) is 29.3 Å². The average Bonchev–Trinajstić information content (AvgIpc) is 2.57. The molecule has 0 saturated carbocycles. The Morgan fingerprint density at radius 3 is 2.64 bits per heavy atom. The largest absolute Gasteiger partial charge is 0.494 e. The highest BCUT2D eigenvalue weighted by Gasteiger charge is 2.12. The third-order valence-corrected chi connectivity index (χ3v) is 3.97. The van der Waals surface area contributed by atoms with Crippen LogP contribution >= 0.6 is 23.2 Å². The van der Waals surface area contributed by atoms with E-state index in [0.29, 0.717) is 11.3 Å². The van der Waals surface area contributed by atoms with Crippen molar-refractivity contribution in [2.24, 2.45) is 0 Å². The maximum atomic E-state index is 13.6. The second-order valence-corrected chi connectivity index (χ2v) is 5.74. The molecule has 0 radical (unpaired) electrons. The fourth-order valence-corrected chi connectivity index (χ4v) is 2.32. The van der Waals surface area contributed by atoms with E-state index in [0.717, 1.165) is 0 Å². The van der Waals surface area contributed by atoms with Crippen LogP contribution < -0.4 is 10.1 Å². The lowest BCUT2D eigenvalue weighted by Crippen LogP contribution is -2.21. The van der Waals surface area contributed by atoms with Crippen LogP contribution in [0.3, 0.4) is 0 Å². The third kappa shape index (κ3) is 5.34. The number of carbonyl (C=O) groups excluding carboxylic acids is 2. The summed E-state index contributed by atoms with van der Waals surface area (Å²) in [5, 5.41) is 2.97. The Labute approximate surface area is 153 Å². The van der Waals surface area contributed by atoms with Gasteiger partial charge in [0.1, 0.15) is 0 Å². The summed E-state index contributed by atoms with van der Waals surface area (Å²) in [6.45, 7) is -0.500. The summed E-state index contributed by atoms with van der Waals surface area (Å²) in [6.07, 6.45) is -0.174. The summed E-state index contributed by atoms with van der Waals surface area (Å²) in [6, 6.07) is 8.88. The molecular weight excluding hydrogens is 372 g/mol. The number of carbonyl (C=O) groups is 2. The molecule has 0 aliphatic rings. The van der Waals surface area contributed by atoms with Gasteiger partial charge in [-0.05, 0) is 29.8 Å². The van der Waals surface area contributed by atoms with Gasteiger partial charge in [0, 0.05) is 0 Å². The van der Waals surface area contributed by atoms with Crippen molar-refractivity contribution >= 4 is 40.8 Å². The Hall–Kier alpha value is -2.31. The molecule has 0 aliphatic heterocycles. The highest BCUT2D eigenvalue weighted by molar-refractivity contribution is 6.44. The van der Waals surface area contributed by atoms with E-state index < -0.39 is 24.3 Å². The van der Waals surface area contributed by atoms with Crippen molar-refractivity contribution in [1.29, 1.82) is 0 Å². The number of nitrogens with one attached hydrogen (secondary N) is 1. The number of methoxy groups -OCH3 is 1. The van der Waals surface area contributed by atoms with Crippen molar-refractivity contribution in [2.75, 3.05) is 19.0 Å². The number of amides is 1. The van der Waals surface area contributed by atoms with E-state index in [-0.39, 0.29) is 22.2 Å². The Bertz CT molecular complexity index is 798. The Morgan fingerprint density at radius 1 is 1.20 bits per heavy atom. The summed E-state index contributed by atoms with van der Waals surface area (Å²) >= 11 is 11.8. The first-order valence-corrected chi connectivity index (χ1v) is 7.88. The number of halogens is 3. The number of esters is 1. The summed E-state index contributed by atoms with van der Waals surface area (Å²) in [5.41, 5.74) is 0.717. The number of rotatable bonds is 6. The summed E-state index contributed by atoms with van der Waals surface area (Å²) in [7, 11) is 1.34. The van der Waals surface area contributed by atoms with Crippen molar-refractivity contribution in [3.63, 3.8) is 0 Å². The van der Waals surface area contributed by atoms with E-state index in [1.165, 1.54) is 25.3 Å². The predicted octanol–water partition coefficient (Wildman–Crippen LogP) is 3.87. The normalized spacial score (nSPS) is 10.2. The molecule has 1 amide bonds. The Balaban J connectivity index is 1.86. The van der Waals surface area contributed by atoms with Gasteiger partial charge >= 0.3 is 5.97 Å². The molecular formula is C17H14Cl2FNO4. The zero-order valence-electron chi connectivity index (χ0n) is 13.1. The molecule has 2 aromatic rings. The smallest absolute Gasteiger partial charge is 0.310 e. The first kappa shape index (κ1) is 19.0. The lowest BCUT2D eigenvalue weighted by molar-refractivity contribution is -0.146. The topological polar surface area (TPSA) is 64.6 Å². The van der Waals surface area contributed by atoms with Crippen LogP contribution in [-0.2, 0) is 20.7 Å². The fourth-order valence-electron chi connectivity index (χ4n) is 1.97. The molecule has 0 fully saturated rings. The number of ether oxygens (including phenoxy) is 2. The maximum absolute atomic E-state index is 13.6. The predicted molar refractivity (Wildman–Crippen MR) is 92.7 cm³/mol. The molecule has 132 valence electrons. The van der Waals surface area contributed by atoms with Crippen LogP contribution in [0.25, 0.3) is 0 Å². The number of benzene rings is 2. The van der Waals surface area contributed by atoms with Gasteiger partial charge < -0.3 is 14.8 Å². The minimum absolute atomic E-state index is 0.0786. The van der Waals surface area contributed by atoms with Crippen molar-refractivity contribution in [3.05, 3.63) is 57.8 Å². The summed E-state index contributed by atoms with van der Waals surface area (Å²) in [4.78, 5) is 23.6. The van der Waals surface area contributed by atoms with Crippen molar-refractivity contribution in [2.45, 2.75) is 6.42 Å². The van der Waals surface area contributed by atoms with E-state index in [4.69, 9.17) is 32.7 Å². The van der Waals surface area contributed by atoms with Crippen LogP contribution in [0.5, 0.6) is 5.75 Å². The third-order valence-electron chi connectivity index (χ3n) is 3.15. The van der Waals surface area contributed by atoms with Gasteiger partial charge in [0.2, 0.25) is 0 Å². The molecule has 0 spiro atoms.